The van der Waals surface area contributed by atoms with Gasteiger partial charge in [0.05, 0.1) is 18.1 Å². The topological polar surface area (TPSA) is 116 Å². The van der Waals surface area contributed by atoms with Crippen molar-refractivity contribution in [3.8, 4) is 0 Å². The molecule has 0 saturated heterocycles. The van der Waals surface area contributed by atoms with Crippen LogP contribution in [0.2, 0.25) is 0 Å². The highest BCUT2D eigenvalue weighted by atomic mass is 32.2. The minimum Gasteiger partial charge on any atom is -0.289 e. The van der Waals surface area contributed by atoms with E-state index in [1.807, 2.05) is 50.3 Å². The fraction of sp³-hybridized carbons (Fsp3) is 0.565. The van der Waals surface area contributed by atoms with Crippen LogP contribution in [0.5, 0.6) is 0 Å². The number of sulfonamides is 1. The number of hydrogen-bond acceptors (Lipinski definition) is 5. The first kappa shape index (κ1) is 26.0. The number of amides is 2. The molecule has 8 nitrogen and oxygen atoms in total. The van der Waals surface area contributed by atoms with Crippen LogP contribution in [0.15, 0.2) is 36.4 Å². The Labute approximate surface area is 191 Å². The first-order valence-electron chi connectivity index (χ1n) is 11.1. The number of hydrogen-bond donors (Lipinski definition) is 3. The molecule has 2 amide bonds. The van der Waals surface area contributed by atoms with Gasteiger partial charge < -0.3 is 0 Å². The van der Waals surface area contributed by atoms with Gasteiger partial charge in [0.25, 0.3) is 0 Å². The number of nitrogens with zero attached hydrogens (tertiary/aromatic N) is 1. The lowest BCUT2D eigenvalue weighted by molar-refractivity contribution is -0.142. The number of nitrogens with one attached hydrogen (secondary N) is 2. The molecule has 0 heterocycles. The third-order valence-corrected chi connectivity index (χ3v) is 6.83. The Hall–Kier alpha value is -2.23. The third-order valence-electron chi connectivity index (χ3n) is 5.73. The van der Waals surface area contributed by atoms with Gasteiger partial charge in [-0.3, -0.25) is 20.2 Å². The van der Waals surface area contributed by atoms with Crippen LogP contribution >= 0.6 is 0 Å². The van der Waals surface area contributed by atoms with Crippen LogP contribution < -0.4 is 10.9 Å². The summed E-state index contributed by atoms with van der Waals surface area (Å²) in [6.07, 6.45) is 8.47. The monoisotopic (exact) mass is 465 g/mol. The summed E-state index contributed by atoms with van der Waals surface area (Å²) in [5, 5.41) is 9.31. The van der Waals surface area contributed by atoms with Crippen LogP contribution in [0.3, 0.4) is 0 Å². The number of rotatable bonds is 11. The summed E-state index contributed by atoms with van der Waals surface area (Å²) in [4.78, 5) is 25.8. The summed E-state index contributed by atoms with van der Waals surface area (Å²) in [5.74, 6) is -2.79. The smallest absolute Gasteiger partial charge is 0.247 e. The molecule has 1 aliphatic rings. The van der Waals surface area contributed by atoms with Gasteiger partial charge in [0, 0.05) is 6.04 Å². The molecule has 2 rings (SSSR count). The van der Waals surface area contributed by atoms with Gasteiger partial charge >= 0.3 is 0 Å². The molecule has 0 radical (unpaired) electrons. The molecule has 0 bridgehead atoms. The maximum Gasteiger partial charge on any atom is 0.247 e. The van der Waals surface area contributed by atoms with Gasteiger partial charge in [0.2, 0.25) is 21.8 Å². The largest absolute Gasteiger partial charge is 0.289 e. The Kier molecular flexibility index (Phi) is 9.86. The first-order valence-corrected chi connectivity index (χ1v) is 12.9. The highest BCUT2D eigenvalue weighted by Crippen LogP contribution is 2.28. The molecular weight excluding hydrogens is 430 g/mol. The number of carbonyl (C=O) groups excluding carboxylic acids is 2. The van der Waals surface area contributed by atoms with E-state index in [9.17, 15) is 23.2 Å². The predicted molar refractivity (Wildman–Crippen MR) is 124 cm³/mol. The predicted octanol–water partition coefficient (Wildman–Crippen LogP) is 3.11. The van der Waals surface area contributed by atoms with Gasteiger partial charge in [-0.05, 0) is 37.2 Å². The average Bonchev–Trinajstić information content (AvgIpc) is 3.27. The first-order chi connectivity index (χ1) is 15.1. The molecule has 3 N–H and O–H groups in total. The van der Waals surface area contributed by atoms with Gasteiger partial charge in [0.15, 0.2) is 0 Å². The zero-order valence-corrected chi connectivity index (χ0v) is 19.8. The lowest BCUT2D eigenvalue weighted by atomic mass is 9.82. The van der Waals surface area contributed by atoms with E-state index >= 15 is 0 Å². The van der Waals surface area contributed by atoms with Crippen molar-refractivity contribution in [2.24, 2.45) is 17.8 Å². The molecule has 1 aromatic carbocycles. The molecule has 178 valence electrons. The van der Waals surface area contributed by atoms with E-state index in [4.69, 9.17) is 0 Å². The van der Waals surface area contributed by atoms with Crippen molar-refractivity contribution >= 4 is 27.9 Å². The fourth-order valence-corrected chi connectivity index (χ4v) is 5.20. The molecule has 0 aromatic heterocycles. The molecule has 2 atom stereocenters. The van der Waals surface area contributed by atoms with E-state index in [0.29, 0.717) is 19.3 Å². The van der Waals surface area contributed by atoms with Crippen LogP contribution in [-0.4, -0.2) is 42.2 Å². The van der Waals surface area contributed by atoms with Crippen molar-refractivity contribution in [2.75, 3.05) is 6.26 Å². The highest BCUT2D eigenvalue weighted by molar-refractivity contribution is 7.88. The van der Waals surface area contributed by atoms with Crippen molar-refractivity contribution in [2.45, 2.75) is 58.4 Å². The van der Waals surface area contributed by atoms with E-state index in [-0.39, 0.29) is 18.4 Å². The molecule has 1 aromatic rings. The maximum absolute atomic E-state index is 13.3. The van der Waals surface area contributed by atoms with Crippen molar-refractivity contribution in [3.05, 3.63) is 42.0 Å². The van der Waals surface area contributed by atoms with E-state index in [2.05, 4.69) is 5.43 Å². The van der Waals surface area contributed by atoms with Gasteiger partial charge in [-0.1, -0.05) is 69.2 Å². The molecular formula is C23H35N3O5S. The normalized spacial score (nSPS) is 17.1. The summed E-state index contributed by atoms with van der Waals surface area (Å²) in [6, 6.07) is 9.25. The zero-order chi connectivity index (χ0) is 23.7. The van der Waals surface area contributed by atoms with E-state index < -0.39 is 33.7 Å². The van der Waals surface area contributed by atoms with Gasteiger partial charge in [-0.15, -0.1) is 4.41 Å². The molecule has 0 spiro atoms. The van der Waals surface area contributed by atoms with E-state index in [1.165, 1.54) is 0 Å². The molecule has 32 heavy (non-hydrogen) atoms. The lowest BCUT2D eigenvalue weighted by Gasteiger charge is -2.31. The minimum absolute atomic E-state index is 0.0796. The summed E-state index contributed by atoms with van der Waals surface area (Å²) >= 11 is 0. The Morgan fingerprint density at radius 3 is 2.28 bits per heavy atom. The number of benzene rings is 1. The summed E-state index contributed by atoms with van der Waals surface area (Å²) in [6.45, 7) is 3.86. The van der Waals surface area contributed by atoms with Crippen LogP contribution in [-0.2, 0) is 19.6 Å². The van der Waals surface area contributed by atoms with Crippen LogP contribution in [0, 0.1) is 17.8 Å². The van der Waals surface area contributed by atoms with Crippen LogP contribution in [0.1, 0.15) is 57.9 Å². The summed E-state index contributed by atoms with van der Waals surface area (Å²) < 4.78 is 25.8. The van der Waals surface area contributed by atoms with Crippen LogP contribution in [0.25, 0.3) is 6.08 Å². The fourth-order valence-electron chi connectivity index (χ4n) is 4.19. The SMILES string of the molecule is CC(C)C[C@@H](C(=O)NN(C1CCCC1)S(C)(=O)=O)[C@H](C/C=C/c1ccccc1)C(=O)NO. The van der Waals surface area contributed by atoms with Crippen molar-refractivity contribution < 1.29 is 23.2 Å². The molecule has 0 unspecified atom stereocenters. The van der Waals surface area contributed by atoms with Crippen LogP contribution in [0.4, 0.5) is 0 Å². The average molecular weight is 466 g/mol. The summed E-state index contributed by atoms with van der Waals surface area (Å²) in [5.41, 5.74) is 5.22. The van der Waals surface area contributed by atoms with Crippen molar-refractivity contribution in [1.29, 1.82) is 0 Å². The molecule has 1 fully saturated rings. The Bertz CT molecular complexity index is 880. The quantitative estimate of drug-likeness (QED) is 0.343. The van der Waals surface area contributed by atoms with Gasteiger partial charge in [-0.2, -0.15) is 0 Å². The second-order valence-electron chi connectivity index (χ2n) is 8.84. The van der Waals surface area contributed by atoms with Gasteiger partial charge in [-0.25, -0.2) is 13.9 Å². The van der Waals surface area contributed by atoms with E-state index in [0.717, 1.165) is 29.1 Å². The number of hydroxylamine groups is 1. The van der Waals surface area contributed by atoms with Gasteiger partial charge in [0.1, 0.15) is 0 Å². The van der Waals surface area contributed by atoms with E-state index in [1.54, 1.807) is 11.6 Å². The Morgan fingerprint density at radius 2 is 1.75 bits per heavy atom. The number of hydrazine groups is 1. The standard InChI is InChI=1S/C23H35N3O5S/c1-17(2)16-21(22(27)24-26(32(3,30)31)19-13-7-8-14-19)20(23(28)25-29)15-9-12-18-10-5-4-6-11-18/h4-6,9-12,17,19-21,29H,7-8,13-16H2,1-3H3,(H,24,27)(H,25,28)/b12-9+/t20-,21+/m0/s1. The molecule has 1 saturated carbocycles. The third kappa shape index (κ3) is 7.72. The lowest BCUT2D eigenvalue weighted by Crippen LogP contribution is -2.54. The van der Waals surface area contributed by atoms with Crippen molar-refractivity contribution in [3.63, 3.8) is 0 Å². The summed E-state index contributed by atoms with van der Waals surface area (Å²) in [7, 11) is -3.67. The Morgan fingerprint density at radius 1 is 1.12 bits per heavy atom. The Balaban J connectivity index is 2.26. The second kappa shape index (κ2) is 12.1. The molecule has 9 heteroatoms. The molecule has 1 aliphatic carbocycles. The highest BCUT2D eigenvalue weighted by Gasteiger charge is 2.37. The second-order valence-corrected chi connectivity index (χ2v) is 10.7. The minimum atomic E-state index is -3.67. The number of carbonyl (C=O) groups is 2. The zero-order valence-electron chi connectivity index (χ0n) is 19.0. The maximum atomic E-state index is 13.3. The molecule has 0 aliphatic heterocycles. The van der Waals surface area contributed by atoms with Crippen molar-refractivity contribution in [1.82, 2.24) is 15.3 Å². The number of allylic oxidation sites excluding steroid dienone is 1.